The topological polar surface area (TPSA) is 87.7 Å². The lowest BCUT2D eigenvalue weighted by Crippen LogP contribution is -2.34. The van der Waals surface area contributed by atoms with Crippen LogP contribution in [0.3, 0.4) is 0 Å². The summed E-state index contributed by atoms with van der Waals surface area (Å²) in [5.74, 6) is 0.701. The summed E-state index contributed by atoms with van der Waals surface area (Å²) >= 11 is 6.50. The Morgan fingerprint density at radius 2 is 2.23 bits per heavy atom. The molecule has 0 radical (unpaired) electrons. The van der Waals surface area contributed by atoms with Crippen molar-refractivity contribution in [1.82, 2.24) is 4.90 Å². The minimum absolute atomic E-state index is 0.0390. The van der Waals surface area contributed by atoms with E-state index in [1.807, 2.05) is 0 Å². The Morgan fingerprint density at radius 1 is 1.42 bits per heavy atom. The van der Waals surface area contributed by atoms with Gasteiger partial charge in [0.25, 0.3) is 5.91 Å². The van der Waals surface area contributed by atoms with E-state index in [4.69, 9.17) is 17.0 Å². The van der Waals surface area contributed by atoms with Gasteiger partial charge in [-0.1, -0.05) is 24.0 Å². The molecule has 1 aromatic carbocycles. The third-order valence-corrected chi connectivity index (χ3v) is 5.50. The smallest absolute Gasteiger partial charge is 0.265 e. The van der Waals surface area contributed by atoms with Gasteiger partial charge in [0.2, 0.25) is 11.8 Å². The molecule has 1 fully saturated rings. The predicted molar refractivity (Wildman–Crippen MR) is 104 cm³/mol. The van der Waals surface area contributed by atoms with Crippen LogP contribution in [-0.2, 0) is 14.4 Å². The number of nitrogens with one attached hydrogen (secondary N) is 2. The molecule has 3 amide bonds. The van der Waals surface area contributed by atoms with E-state index in [9.17, 15) is 14.4 Å². The molecule has 3 rings (SSSR count). The molecule has 1 aromatic rings. The first-order valence-corrected chi connectivity index (χ1v) is 9.72. The molecule has 7 nitrogen and oxygen atoms in total. The Bertz CT molecular complexity index is 752. The fourth-order valence-electron chi connectivity index (χ4n) is 2.66. The Morgan fingerprint density at radius 3 is 2.96 bits per heavy atom. The van der Waals surface area contributed by atoms with Crippen molar-refractivity contribution in [2.45, 2.75) is 32.3 Å². The van der Waals surface area contributed by atoms with Crippen LogP contribution in [0.5, 0.6) is 5.75 Å². The van der Waals surface area contributed by atoms with Gasteiger partial charge >= 0.3 is 0 Å². The summed E-state index contributed by atoms with van der Waals surface area (Å²) in [4.78, 5) is 37.0. The molecule has 0 spiro atoms. The first-order chi connectivity index (χ1) is 12.4. The number of rotatable bonds is 6. The second-order valence-corrected chi connectivity index (χ2v) is 7.67. The minimum atomic E-state index is -0.531. The number of fused-ring (bicyclic) bond motifs is 1. The van der Waals surface area contributed by atoms with Crippen LogP contribution in [0.1, 0.15) is 26.2 Å². The zero-order valence-electron chi connectivity index (χ0n) is 14.2. The molecule has 2 aliphatic heterocycles. The normalized spacial score (nSPS) is 19.0. The highest BCUT2D eigenvalue weighted by Gasteiger charge is 2.26. The largest absolute Gasteiger partial charge is 0.479 e. The maximum absolute atomic E-state index is 12.1. The highest BCUT2D eigenvalue weighted by atomic mass is 32.2. The molecule has 2 heterocycles. The van der Waals surface area contributed by atoms with Gasteiger partial charge in [-0.2, -0.15) is 0 Å². The molecular weight excluding hydrogens is 374 g/mol. The lowest BCUT2D eigenvalue weighted by atomic mass is 10.2. The van der Waals surface area contributed by atoms with Crippen molar-refractivity contribution in [3.05, 3.63) is 18.2 Å². The van der Waals surface area contributed by atoms with Gasteiger partial charge in [-0.3, -0.25) is 19.3 Å². The van der Waals surface area contributed by atoms with Crippen molar-refractivity contribution < 1.29 is 19.1 Å². The van der Waals surface area contributed by atoms with Crippen molar-refractivity contribution in [2.75, 3.05) is 22.9 Å². The zero-order valence-corrected chi connectivity index (χ0v) is 15.9. The number of thioether (sulfide) groups is 1. The Hall–Kier alpha value is -2.13. The van der Waals surface area contributed by atoms with Gasteiger partial charge in [-0.15, -0.1) is 0 Å². The lowest BCUT2D eigenvalue weighted by molar-refractivity contribution is -0.124. The van der Waals surface area contributed by atoms with Crippen molar-refractivity contribution in [1.29, 1.82) is 0 Å². The molecule has 0 aliphatic carbocycles. The average molecular weight is 393 g/mol. The van der Waals surface area contributed by atoms with E-state index in [0.717, 1.165) is 0 Å². The van der Waals surface area contributed by atoms with Crippen molar-refractivity contribution in [3.63, 3.8) is 0 Å². The van der Waals surface area contributed by atoms with Gasteiger partial charge in [-0.05, 0) is 38.0 Å². The number of hydrogen-bond donors (Lipinski definition) is 2. The number of ether oxygens (including phenoxy) is 1. The van der Waals surface area contributed by atoms with E-state index in [1.165, 1.54) is 11.8 Å². The van der Waals surface area contributed by atoms with Crippen LogP contribution in [0.25, 0.3) is 0 Å². The number of hydrogen-bond acceptors (Lipinski definition) is 6. The van der Waals surface area contributed by atoms with E-state index in [1.54, 1.807) is 30.0 Å². The van der Waals surface area contributed by atoms with Crippen molar-refractivity contribution >= 4 is 57.4 Å². The second-order valence-electron chi connectivity index (χ2n) is 6.07. The first-order valence-electron chi connectivity index (χ1n) is 8.32. The lowest BCUT2D eigenvalue weighted by Gasteiger charge is -2.23. The molecule has 2 aliphatic rings. The molecular formula is C17H19N3O4S2. The molecule has 1 saturated heterocycles. The monoisotopic (exact) mass is 393 g/mol. The summed E-state index contributed by atoms with van der Waals surface area (Å²) in [6.07, 6.45) is 1.19. The third kappa shape index (κ3) is 4.34. The summed E-state index contributed by atoms with van der Waals surface area (Å²) in [5, 5.41) is 5.56. The van der Waals surface area contributed by atoms with Gasteiger partial charge in [-0.25, -0.2) is 0 Å². The van der Waals surface area contributed by atoms with E-state index in [0.29, 0.717) is 53.0 Å². The van der Waals surface area contributed by atoms with Crippen LogP contribution in [-0.4, -0.2) is 45.3 Å². The summed E-state index contributed by atoms with van der Waals surface area (Å²) < 4.78 is 6.10. The average Bonchev–Trinajstić information content (AvgIpc) is 2.91. The van der Waals surface area contributed by atoms with Crippen molar-refractivity contribution in [2.24, 2.45) is 0 Å². The van der Waals surface area contributed by atoms with Crippen LogP contribution in [0.15, 0.2) is 18.2 Å². The van der Waals surface area contributed by atoms with Crippen LogP contribution in [0.2, 0.25) is 0 Å². The predicted octanol–water partition coefficient (Wildman–Crippen LogP) is 2.38. The Labute approximate surface area is 160 Å². The molecule has 138 valence electrons. The van der Waals surface area contributed by atoms with E-state index in [-0.39, 0.29) is 17.7 Å². The first kappa shape index (κ1) is 18.7. The van der Waals surface area contributed by atoms with E-state index in [2.05, 4.69) is 10.6 Å². The van der Waals surface area contributed by atoms with Crippen LogP contribution < -0.4 is 15.4 Å². The molecule has 0 saturated carbocycles. The number of benzene rings is 1. The van der Waals surface area contributed by atoms with Gasteiger partial charge < -0.3 is 15.4 Å². The zero-order chi connectivity index (χ0) is 18.7. The summed E-state index contributed by atoms with van der Waals surface area (Å²) in [6.45, 7) is 2.23. The quantitative estimate of drug-likeness (QED) is 0.570. The third-order valence-electron chi connectivity index (χ3n) is 4.07. The van der Waals surface area contributed by atoms with Gasteiger partial charge in [0, 0.05) is 18.7 Å². The number of anilines is 2. The summed E-state index contributed by atoms with van der Waals surface area (Å²) in [5.41, 5.74) is 1.14. The Balaban J connectivity index is 1.45. The molecule has 1 atom stereocenters. The maximum Gasteiger partial charge on any atom is 0.265 e. The standard InChI is InChI=1S/C17H19N3O4S2/c1-10-16(23)19-12-8-11(5-6-13(12)24-10)18-14(21)4-2-3-7-20-15(22)9-26-17(20)25/h5-6,8,10H,2-4,7,9H2,1H3,(H,18,21)(H,19,23)/t10-/m1/s1. The summed E-state index contributed by atoms with van der Waals surface area (Å²) in [6, 6.07) is 5.13. The van der Waals surface area contributed by atoms with Crippen molar-refractivity contribution in [3.8, 4) is 5.75 Å². The number of unbranched alkanes of at least 4 members (excludes halogenated alkanes) is 1. The number of thiocarbonyl (C=S) groups is 1. The van der Waals surface area contributed by atoms with E-state index >= 15 is 0 Å². The number of amides is 3. The molecule has 0 aromatic heterocycles. The van der Waals surface area contributed by atoms with Gasteiger partial charge in [0.15, 0.2) is 6.10 Å². The fourth-order valence-corrected chi connectivity index (χ4v) is 3.78. The molecule has 0 unspecified atom stereocenters. The fraction of sp³-hybridized carbons (Fsp3) is 0.412. The Kier molecular flexibility index (Phi) is 5.77. The molecule has 9 heteroatoms. The molecule has 0 bridgehead atoms. The summed E-state index contributed by atoms with van der Waals surface area (Å²) in [7, 11) is 0. The van der Waals surface area contributed by atoms with Crippen LogP contribution in [0.4, 0.5) is 11.4 Å². The number of carbonyl (C=O) groups is 3. The van der Waals surface area contributed by atoms with Crippen LogP contribution in [0, 0.1) is 0 Å². The highest BCUT2D eigenvalue weighted by Crippen LogP contribution is 2.32. The van der Waals surface area contributed by atoms with Crippen LogP contribution >= 0.6 is 24.0 Å². The number of nitrogens with zero attached hydrogens (tertiary/aromatic N) is 1. The van der Waals surface area contributed by atoms with E-state index < -0.39 is 6.10 Å². The molecule has 2 N–H and O–H groups in total. The highest BCUT2D eigenvalue weighted by molar-refractivity contribution is 8.23. The van der Waals surface area contributed by atoms with Gasteiger partial charge in [0.1, 0.15) is 10.1 Å². The minimum Gasteiger partial charge on any atom is -0.479 e. The second kappa shape index (κ2) is 8.05. The molecule has 26 heavy (non-hydrogen) atoms. The SMILES string of the molecule is C[C@H]1Oc2ccc(NC(=O)CCCCN3C(=O)CSC3=S)cc2NC1=O. The van der Waals surface area contributed by atoms with Gasteiger partial charge in [0.05, 0.1) is 11.4 Å². The maximum atomic E-state index is 12.1. The number of carbonyl (C=O) groups excluding carboxylic acids is 3.